The molecule has 0 aromatic heterocycles. The summed E-state index contributed by atoms with van der Waals surface area (Å²) in [6.07, 6.45) is 2.06. The maximum Gasteiger partial charge on any atom is 0.0496 e. The summed E-state index contributed by atoms with van der Waals surface area (Å²) < 4.78 is 0. The standard InChI is InChI=1S/C9H16O/c1-7(2)9(6-10)4-8(3)5-9/h7,10H,3-6H2,1-2H3. The molecule has 0 saturated heterocycles. The maximum atomic E-state index is 9.08. The van der Waals surface area contributed by atoms with Gasteiger partial charge in [0.05, 0.1) is 0 Å². The zero-order valence-electron chi connectivity index (χ0n) is 6.85. The Hall–Kier alpha value is -0.300. The van der Waals surface area contributed by atoms with Crippen LogP contribution in [0.2, 0.25) is 0 Å². The summed E-state index contributed by atoms with van der Waals surface area (Å²) in [6.45, 7) is 8.54. The van der Waals surface area contributed by atoms with E-state index in [0.29, 0.717) is 12.5 Å². The molecule has 0 radical (unpaired) electrons. The number of rotatable bonds is 2. The van der Waals surface area contributed by atoms with E-state index < -0.39 is 0 Å². The van der Waals surface area contributed by atoms with Crippen LogP contribution < -0.4 is 0 Å². The summed E-state index contributed by atoms with van der Waals surface area (Å²) in [5.74, 6) is 0.586. The van der Waals surface area contributed by atoms with Crippen LogP contribution in [-0.2, 0) is 0 Å². The van der Waals surface area contributed by atoms with Gasteiger partial charge in [-0.2, -0.15) is 0 Å². The van der Waals surface area contributed by atoms with Crippen LogP contribution in [0.15, 0.2) is 12.2 Å². The van der Waals surface area contributed by atoms with Crippen molar-refractivity contribution in [2.75, 3.05) is 6.61 Å². The van der Waals surface area contributed by atoms with Gasteiger partial charge in [0, 0.05) is 12.0 Å². The molecule has 0 aromatic carbocycles. The monoisotopic (exact) mass is 140 g/mol. The van der Waals surface area contributed by atoms with Crippen LogP contribution >= 0.6 is 0 Å². The lowest BCUT2D eigenvalue weighted by Gasteiger charge is -2.45. The number of hydrogen-bond acceptors (Lipinski definition) is 1. The van der Waals surface area contributed by atoms with Crippen molar-refractivity contribution in [1.82, 2.24) is 0 Å². The predicted molar refractivity (Wildman–Crippen MR) is 42.7 cm³/mol. The second kappa shape index (κ2) is 2.39. The number of allylic oxidation sites excluding steroid dienone is 1. The normalized spacial score (nSPS) is 23.0. The zero-order chi connectivity index (χ0) is 7.78. The van der Waals surface area contributed by atoms with Crippen LogP contribution in [0.25, 0.3) is 0 Å². The third kappa shape index (κ3) is 0.988. The molecule has 0 aliphatic heterocycles. The zero-order valence-corrected chi connectivity index (χ0v) is 6.85. The third-order valence-corrected chi connectivity index (χ3v) is 2.74. The fourth-order valence-corrected chi connectivity index (χ4v) is 1.65. The van der Waals surface area contributed by atoms with Gasteiger partial charge < -0.3 is 5.11 Å². The molecule has 1 aliphatic carbocycles. The van der Waals surface area contributed by atoms with E-state index in [1.54, 1.807) is 0 Å². The molecule has 0 heterocycles. The van der Waals surface area contributed by atoms with Gasteiger partial charge in [-0.1, -0.05) is 26.0 Å². The first-order valence-electron chi connectivity index (χ1n) is 3.88. The minimum Gasteiger partial charge on any atom is -0.396 e. The van der Waals surface area contributed by atoms with Crippen molar-refractivity contribution < 1.29 is 5.11 Å². The van der Waals surface area contributed by atoms with E-state index in [-0.39, 0.29) is 5.41 Å². The Labute approximate surface area is 62.8 Å². The highest BCUT2D eigenvalue weighted by Crippen LogP contribution is 2.49. The van der Waals surface area contributed by atoms with Gasteiger partial charge in [-0.05, 0) is 18.8 Å². The minimum atomic E-state index is 0.192. The van der Waals surface area contributed by atoms with Gasteiger partial charge in [0.25, 0.3) is 0 Å². The quantitative estimate of drug-likeness (QED) is 0.581. The summed E-state index contributed by atoms with van der Waals surface area (Å²) in [5.41, 5.74) is 1.49. The van der Waals surface area contributed by atoms with E-state index in [2.05, 4.69) is 20.4 Å². The van der Waals surface area contributed by atoms with E-state index in [9.17, 15) is 0 Å². The summed E-state index contributed by atoms with van der Waals surface area (Å²) in [4.78, 5) is 0. The van der Waals surface area contributed by atoms with Gasteiger partial charge in [-0.15, -0.1) is 0 Å². The van der Waals surface area contributed by atoms with E-state index in [1.165, 1.54) is 5.57 Å². The van der Waals surface area contributed by atoms with Crippen LogP contribution in [0, 0.1) is 11.3 Å². The molecule has 0 aromatic rings. The Morgan fingerprint density at radius 2 is 2.10 bits per heavy atom. The lowest BCUT2D eigenvalue weighted by molar-refractivity contribution is 0.0385. The molecule has 1 rings (SSSR count). The third-order valence-electron chi connectivity index (χ3n) is 2.74. The molecule has 0 amide bonds. The molecular weight excluding hydrogens is 124 g/mol. The molecule has 1 aliphatic rings. The molecule has 0 bridgehead atoms. The van der Waals surface area contributed by atoms with Crippen LogP contribution in [0.3, 0.4) is 0 Å². The molecule has 10 heavy (non-hydrogen) atoms. The summed E-state index contributed by atoms with van der Waals surface area (Å²) >= 11 is 0. The van der Waals surface area contributed by atoms with Crippen molar-refractivity contribution in [2.45, 2.75) is 26.7 Å². The summed E-state index contributed by atoms with van der Waals surface area (Å²) in [7, 11) is 0. The van der Waals surface area contributed by atoms with E-state index in [4.69, 9.17) is 5.11 Å². The van der Waals surface area contributed by atoms with Gasteiger partial charge in [-0.25, -0.2) is 0 Å². The predicted octanol–water partition coefficient (Wildman–Crippen LogP) is 1.97. The second-order valence-corrected chi connectivity index (χ2v) is 3.78. The lowest BCUT2D eigenvalue weighted by Crippen LogP contribution is -2.39. The Morgan fingerprint density at radius 1 is 1.60 bits per heavy atom. The van der Waals surface area contributed by atoms with Crippen molar-refractivity contribution in [1.29, 1.82) is 0 Å². The Bertz CT molecular complexity index is 139. The van der Waals surface area contributed by atoms with Gasteiger partial charge >= 0.3 is 0 Å². The molecule has 1 heteroatoms. The second-order valence-electron chi connectivity index (χ2n) is 3.78. The average Bonchev–Trinajstić information content (AvgIpc) is 1.79. The molecule has 0 atom stereocenters. The lowest BCUT2D eigenvalue weighted by atomic mass is 9.60. The van der Waals surface area contributed by atoms with Crippen molar-refractivity contribution in [3.05, 3.63) is 12.2 Å². The number of aliphatic hydroxyl groups is 1. The first-order chi connectivity index (χ1) is 4.60. The highest BCUT2D eigenvalue weighted by molar-refractivity contribution is 5.15. The van der Waals surface area contributed by atoms with Crippen molar-refractivity contribution in [3.8, 4) is 0 Å². The van der Waals surface area contributed by atoms with Crippen LogP contribution in [-0.4, -0.2) is 11.7 Å². The molecule has 58 valence electrons. The fourth-order valence-electron chi connectivity index (χ4n) is 1.65. The first-order valence-corrected chi connectivity index (χ1v) is 3.88. The largest absolute Gasteiger partial charge is 0.396 e. The molecule has 1 fully saturated rings. The Balaban J connectivity index is 2.56. The molecule has 1 nitrogen and oxygen atoms in total. The molecule has 1 saturated carbocycles. The van der Waals surface area contributed by atoms with Gasteiger partial charge in [-0.3, -0.25) is 0 Å². The van der Waals surface area contributed by atoms with Gasteiger partial charge in [0.15, 0.2) is 0 Å². The SMILES string of the molecule is C=C1CC(CO)(C(C)C)C1. The fraction of sp³-hybridized carbons (Fsp3) is 0.778. The van der Waals surface area contributed by atoms with E-state index in [1.807, 2.05) is 0 Å². The van der Waals surface area contributed by atoms with Gasteiger partial charge in [0.1, 0.15) is 0 Å². The number of aliphatic hydroxyl groups excluding tert-OH is 1. The highest BCUT2D eigenvalue weighted by Gasteiger charge is 2.41. The van der Waals surface area contributed by atoms with Crippen molar-refractivity contribution in [3.63, 3.8) is 0 Å². The maximum absolute atomic E-state index is 9.08. The molecule has 1 N–H and O–H groups in total. The van der Waals surface area contributed by atoms with E-state index in [0.717, 1.165) is 12.8 Å². The molecule has 0 unspecified atom stereocenters. The smallest absolute Gasteiger partial charge is 0.0496 e. The van der Waals surface area contributed by atoms with E-state index >= 15 is 0 Å². The summed E-state index contributed by atoms with van der Waals surface area (Å²) in [5, 5.41) is 9.08. The van der Waals surface area contributed by atoms with Crippen molar-refractivity contribution >= 4 is 0 Å². The van der Waals surface area contributed by atoms with Crippen LogP contribution in [0.5, 0.6) is 0 Å². The average molecular weight is 140 g/mol. The van der Waals surface area contributed by atoms with Crippen LogP contribution in [0.1, 0.15) is 26.7 Å². The minimum absolute atomic E-state index is 0.192. The molecular formula is C9H16O. The topological polar surface area (TPSA) is 20.2 Å². The first kappa shape index (κ1) is 7.80. The number of hydrogen-bond donors (Lipinski definition) is 1. The Kier molecular flexibility index (Phi) is 1.86. The highest BCUT2D eigenvalue weighted by atomic mass is 16.3. The van der Waals surface area contributed by atoms with Crippen LogP contribution in [0.4, 0.5) is 0 Å². The summed E-state index contributed by atoms with van der Waals surface area (Å²) in [6, 6.07) is 0. The Morgan fingerprint density at radius 3 is 2.20 bits per heavy atom. The molecule has 0 spiro atoms. The van der Waals surface area contributed by atoms with Crippen molar-refractivity contribution in [2.24, 2.45) is 11.3 Å². The van der Waals surface area contributed by atoms with Gasteiger partial charge in [0.2, 0.25) is 0 Å².